The van der Waals surface area contributed by atoms with Gasteiger partial charge in [0.2, 0.25) is 0 Å². The van der Waals surface area contributed by atoms with Crippen molar-refractivity contribution in [1.29, 1.82) is 0 Å². The minimum Gasteiger partial charge on any atom is -0.481 e. The number of carboxylic acid groups (broad SMARTS) is 1. The fourth-order valence-electron chi connectivity index (χ4n) is 3.15. The van der Waals surface area contributed by atoms with Gasteiger partial charge in [-0.05, 0) is 43.4 Å². The van der Waals surface area contributed by atoms with Crippen LogP contribution in [-0.4, -0.2) is 29.7 Å². The zero-order valence-corrected chi connectivity index (χ0v) is 11.5. The Balaban J connectivity index is 1.66. The number of rotatable bonds is 2. The second kappa shape index (κ2) is 5.35. The third kappa shape index (κ3) is 2.70. The number of benzene rings is 1. The summed E-state index contributed by atoms with van der Waals surface area (Å²) in [5.74, 6) is -1.54. The number of urea groups is 1. The van der Waals surface area contributed by atoms with Crippen LogP contribution in [0.1, 0.15) is 24.8 Å². The number of fused-ring (bicyclic) bond motifs is 1. The summed E-state index contributed by atoms with van der Waals surface area (Å²) in [6.45, 7) is 0.527. The standard InChI is InChI=1S/C15H17FN2O3/c16-11-3-1-9-5-6-18(13(9)8-11)15(21)17-12-4-2-10(7-12)14(19)20/h1,3,8,10,12H,2,4-7H2,(H,17,21)(H,19,20). The van der Waals surface area contributed by atoms with Gasteiger partial charge in [-0.2, -0.15) is 0 Å². The molecule has 0 spiro atoms. The van der Waals surface area contributed by atoms with Crippen LogP contribution in [0.3, 0.4) is 0 Å². The summed E-state index contributed by atoms with van der Waals surface area (Å²) in [5, 5.41) is 11.8. The molecule has 0 aromatic heterocycles. The van der Waals surface area contributed by atoms with E-state index in [0.29, 0.717) is 37.9 Å². The lowest BCUT2D eigenvalue weighted by Gasteiger charge is -2.21. The molecule has 1 fully saturated rings. The van der Waals surface area contributed by atoms with Gasteiger partial charge in [0.25, 0.3) is 0 Å². The monoisotopic (exact) mass is 292 g/mol. The Kier molecular flexibility index (Phi) is 3.53. The second-order valence-electron chi connectivity index (χ2n) is 5.67. The predicted molar refractivity (Wildman–Crippen MR) is 74.7 cm³/mol. The Bertz CT molecular complexity index is 590. The molecule has 1 aliphatic carbocycles. The van der Waals surface area contributed by atoms with E-state index in [0.717, 1.165) is 5.56 Å². The van der Waals surface area contributed by atoms with E-state index in [4.69, 9.17) is 5.11 Å². The highest BCUT2D eigenvalue weighted by atomic mass is 19.1. The van der Waals surface area contributed by atoms with Crippen molar-refractivity contribution in [2.24, 2.45) is 5.92 Å². The van der Waals surface area contributed by atoms with Gasteiger partial charge in [0.15, 0.2) is 0 Å². The van der Waals surface area contributed by atoms with Crippen molar-refractivity contribution in [3.8, 4) is 0 Å². The predicted octanol–water partition coefficient (Wildman–Crippen LogP) is 2.15. The molecule has 0 bridgehead atoms. The van der Waals surface area contributed by atoms with Gasteiger partial charge in [-0.3, -0.25) is 9.69 Å². The van der Waals surface area contributed by atoms with Crippen molar-refractivity contribution < 1.29 is 19.1 Å². The number of carbonyl (C=O) groups excluding carboxylic acids is 1. The maximum Gasteiger partial charge on any atom is 0.322 e. The van der Waals surface area contributed by atoms with Gasteiger partial charge >= 0.3 is 12.0 Å². The largest absolute Gasteiger partial charge is 0.481 e. The lowest BCUT2D eigenvalue weighted by Crippen LogP contribution is -2.43. The van der Waals surface area contributed by atoms with Crippen LogP contribution in [0.25, 0.3) is 0 Å². The number of carboxylic acids is 1. The Hall–Kier alpha value is -2.11. The second-order valence-corrected chi connectivity index (χ2v) is 5.67. The van der Waals surface area contributed by atoms with Gasteiger partial charge in [-0.25, -0.2) is 9.18 Å². The van der Waals surface area contributed by atoms with Crippen LogP contribution in [0.5, 0.6) is 0 Å². The van der Waals surface area contributed by atoms with Gasteiger partial charge in [0, 0.05) is 12.6 Å². The van der Waals surface area contributed by atoms with E-state index in [1.54, 1.807) is 6.07 Å². The zero-order valence-electron chi connectivity index (χ0n) is 11.5. The van der Waals surface area contributed by atoms with E-state index >= 15 is 0 Å². The summed E-state index contributed by atoms with van der Waals surface area (Å²) in [5.41, 5.74) is 1.57. The van der Waals surface area contributed by atoms with E-state index in [1.165, 1.54) is 17.0 Å². The van der Waals surface area contributed by atoms with Crippen LogP contribution in [0, 0.1) is 11.7 Å². The fraction of sp³-hybridized carbons (Fsp3) is 0.467. The van der Waals surface area contributed by atoms with Crippen LogP contribution in [0.4, 0.5) is 14.9 Å². The number of hydrogen-bond acceptors (Lipinski definition) is 2. The summed E-state index contributed by atoms with van der Waals surface area (Å²) in [6, 6.07) is 4.09. The van der Waals surface area contributed by atoms with Crippen molar-refractivity contribution in [2.45, 2.75) is 31.7 Å². The smallest absolute Gasteiger partial charge is 0.322 e. The van der Waals surface area contributed by atoms with E-state index in [1.807, 2.05) is 0 Å². The van der Waals surface area contributed by atoms with E-state index in [2.05, 4.69) is 5.32 Å². The molecule has 2 atom stereocenters. The van der Waals surface area contributed by atoms with Crippen molar-refractivity contribution in [3.63, 3.8) is 0 Å². The summed E-state index contributed by atoms with van der Waals surface area (Å²) in [7, 11) is 0. The summed E-state index contributed by atoms with van der Waals surface area (Å²) >= 11 is 0. The Morgan fingerprint density at radius 2 is 2.14 bits per heavy atom. The van der Waals surface area contributed by atoms with Crippen LogP contribution >= 0.6 is 0 Å². The van der Waals surface area contributed by atoms with E-state index < -0.39 is 5.97 Å². The molecular weight excluding hydrogens is 275 g/mol. The van der Waals surface area contributed by atoms with Gasteiger partial charge in [-0.15, -0.1) is 0 Å². The molecule has 2 unspecified atom stereocenters. The highest BCUT2D eigenvalue weighted by Crippen LogP contribution is 2.30. The van der Waals surface area contributed by atoms with Gasteiger partial charge in [0.1, 0.15) is 5.82 Å². The van der Waals surface area contributed by atoms with Crippen molar-refractivity contribution in [1.82, 2.24) is 5.32 Å². The number of aliphatic carboxylic acids is 1. The Labute approximate surface area is 121 Å². The molecule has 0 saturated heterocycles. The SMILES string of the molecule is O=C(O)C1CCC(NC(=O)N2CCc3ccc(F)cc32)C1. The molecular formula is C15H17FN2O3. The average Bonchev–Trinajstić information content (AvgIpc) is 3.04. The number of amides is 2. The molecule has 2 amide bonds. The maximum absolute atomic E-state index is 13.3. The Morgan fingerprint density at radius 3 is 2.86 bits per heavy atom. The van der Waals surface area contributed by atoms with Gasteiger partial charge in [0.05, 0.1) is 11.6 Å². The van der Waals surface area contributed by atoms with Crippen LogP contribution in [0.2, 0.25) is 0 Å². The first-order valence-corrected chi connectivity index (χ1v) is 7.14. The minimum absolute atomic E-state index is 0.115. The third-order valence-corrected chi connectivity index (χ3v) is 4.30. The first-order chi connectivity index (χ1) is 10.0. The maximum atomic E-state index is 13.3. The number of nitrogens with one attached hydrogen (secondary N) is 1. The summed E-state index contributed by atoms with van der Waals surface area (Å²) in [6.07, 6.45) is 2.44. The lowest BCUT2D eigenvalue weighted by atomic mass is 10.1. The molecule has 2 aliphatic rings. The molecule has 1 aromatic carbocycles. The number of halogens is 1. The number of carbonyl (C=O) groups is 2. The van der Waals surface area contributed by atoms with E-state index in [9.17, 15) is 14.0 Å². The first-order valence-electron chi connectivity index (χ1n) is 7.14. The number of anilines is 1. The molecule has 0 radical (unpaired) electrons. The summed E-state index contributed by atoms with van der Waals surface area (Å²) < 4.78 is 13.3. The molecule has 1 heterocycles. The zero-order chi connectivity index (χ0) is 15.0. The van der Waals surface area contributed by atoms with E-state index in [-0.39, 0.29) is 23.8 Å². The Morgan fingerprint density at radius 1 is 1.33 bits per heavy atom. The van der Waals surface area contributed by atoms with Crippen molar-refractivity contribution in [3.05, 3.63) is 29.6 Å². The number of nitrogens with zero attached hydrogens (tertiary/aromatic N) is 1. The molecule has 112 valence electrons. The normalized spacial score (nSPS) is 24.0. The topological polar surface area (TPSA) is 69.6 Å². The van der Waals surface area contributed by atoms with Crippen LogP contribution in [-0.2, 0) is 11.2 Å². The molecule has 3 rings (SSSR count). The molecule has 6 heteroatoms. The molecule has 1 saturated carbocycles. The molecule has 1 aliphatic heterocycles. The number of hydrogen-bond donors (Lipinski definition) is 2. The summed E-state index contributed by atoms with van der Waals surface area (Å²) in [4.78, 5) is 24.8. The fourth-order valence-corrected chi connectivity index (χ4v) is 3.15. The average molecular weight is 292 g/mol. The first kappa shape index (κ1) is 13.9. The van der Waals surface area contributed by atoms with Crippen molar-refractivity contribution in [2.75, 3.05) is 11.4 Å². The minimum atomic E-state index is -0.805. The molecule has 1 aromatic rings. The molecule has 21 heavy (non-hydrogen) atoms. The molecule has 2 N–H and O–H groups in total. The van der Waals surface area contributed by atoms with Gasteiger partial charge in [-0.1, -0.05) is 6.07 Å². The lowest BCUT2D eigenvalue weighted by molar-refractivity contribution is -0.141. The van der Waals surface area contributed by atoms with Crippen molar-refractivity contribution >= 4 is 17.7 Å². The highest BCUT2D eigenvalue weighted by molar-refractivity contribution is 5.94. The quantitative estimate of drug-likeness (QED) is 0.877. The van der Waals surface area contributed by atoms with Gasteiger partial charge < -0.3 is 10.4 Å². The third-order valence-electron chi connectivity index (χ3n) is 4.30. The molecule has 5 nitrogen and oxygen atoms in total. The van der Waals surface area contributed by atoms with Crippen LogP contribution in [0.15, 0.2) is 18.2 Å². The van der Waals surface area contributed by atoms with Crippen LogP contribution < -0.4 is 10.2 Å². The highest BCUT2D eigenvalue weighted by Gasteiger charge is 2.33.